The summed E-state index contributed by atoms with van der Waals surface area (Å²) in [4.78, 5) is 14.0. The number of carbonyl (C=O) groups excluding carboxylic acids is 1. The van der Waals surface area contributed by atoms with Crippen LogP contribution in [0.2, 0.25) is 5.02 Å². The topological polar surface area (TPSA) is 57.7 Å². The molecule has 3 rings (SSSR count). The summed E-state index contributed by atoms with van der Waals surface area (Å²) < 4.78 is 53.0. The van der Waals surface area contributed by atoms with Gasteiger partial charge in [0, 0.05) is 37.6 Å². The molecule has 1 amide bonds. The summed E-state index contributed by atoms with van der Waals surface area (Å²) >= 11 is 5.97. The van der Waals surface area contributed by atoms with Gasteiger partial charge in [0.2, 0.25) is 15.9 Å². The van der Waals surface area contributed by atoms with Crippen LogP contribution in [-0.4, -0.2) is 43.7 Å². The van der Waals surface area contributed by atoms with Gasteiger partial charge < -0.3 is 4.90 Å². The van der Waals surface area contributed by atoms with Gasteiger partial charge in [-0.1, -0.05) is 23.7 Å². The van der Waals surface area contributed by atoms with Crippen molar-refractivity contribution < 1.29 is 22.0 Å². The molecule has 1 heterocycles. The highest BCUT2D eigenvalue weighted by Crippen LogP contribution is 2.26. The number of amides is 1. The number of hydrogen-bond donors (Lipinski definition) is 0. The number of halogens is 3. The molecule has 9 heteroatoms. The maximum atomic E-state index is 13.4. The molecule has 1 fully saturated rings. The van der Waals surface area contributed by atoms with Crippen LogP contribution >= 0.6 is 11.6 Å². The predicted octanol–water partition coefficient (Wildman–Crippen LogP) is 3.68. The molecule has 5 nitrogen and oxygen atoms in total. The van der Waals surface area contributed by atoms with E-state index in [9.17, 15) is 22.0 Å². The second-order valence-corrected chi connectivity index (χ2v) is 9.45. The molecule has 0 atom stereocenters. The van der Waals surface area contributed by atoms with E-state index in [1.54, 1.807) is 24.1 Å². The van der Waals surface area contributed by atoms with Crippen LogP contribution in [-0.2, 0) is 21.4 Å². The Balaban J connectivity index is 1.62. The van der Waals surface area contributed by atoms with E-state index in [0.29, 0.717) is 30.5 Å². The molecule has 0 bridgehead atoms. The maximum Gasteiger partial charge on any atom is 0.243 e. The van der Waals surface area contributed by atoms with Gasteiger partial charge in [0.15, 0.2) is 11.6 Å². The van der Waals surface area contributed by atoms with E-state index in [2.05, 4.69) is 0 Å². The van der Waals surface area contributed by atoms with Crippen LogP contribution in [0, 0.1) is 17.6 Å². The second kappa shape index (κ2) is 8.77. The molecule has 0 aliphatic carbocycles. The molecular weight excluding hydrogens is 422 g/mol. The molecule has 29 heavy (non-hydrogen) atoms. The van der Waals surface area contributed by atoms with Crippen LogP contribution in [0.25, 0.3) is 0 Å². The molecule has 156 valence electrons. The zero-order chi connectivity index (χ0) is 21.2. The van der Waals surface area contributed by atoms with Gasteiger partial charge in [0.05, 0.1) is 4.90 Å². The molecule has 0 spiro atoms. The quantitative estimate of drug-likeness (QED) is 0.709. The zero-order valence-electron chi connectivity index (χ0n) is 15.8. The molecule has 2 aromatic rings. The van der Waals surface area contributed by atoms with Gasteiger partial charge in [-0.3, -0.25) is 4.79 Å². The SMILES string of the molecule is CN(Cc1cccc(Cl)c1)C(=O)C1CCN(S(=O)(=O)c2ccc(F)c(F)c2)CC1. The van der Waals surface area contributed by atoms with E-state index in [4.69, 9.17) is 11.6 Å². The molecule has 0 aromatic heterocycles. The van der Waals surface area contributed by atoms with Crippen molar-refractivity contribution in [1.29, 1.82) is 0 Å². The van der Waals surface area contributed by atoms with Gasteiger partial charge in [-0.2, -0.15) is 4.31 Å². The monoisotopic (exact) mass is 442 g/mol. The molecule has 1 saturated heterocycles. The summed E-state index contributed by atoms with van der Waals surface area (Å²) in [5, 5.41) is 0.596. The molecule has 2 aromatic carbocycles. The van der Waals surface area contributed by atoms with Crippen LogP contribution in [0.1, 0.15) is 18.4 Å². The fourth-order valence-electron chi connectivity index (χ4n) is 3.43. The molecule has 0 unspecified atom stereocenters. The third-order valence-corrected chi connectivity index (χ3v) is 7.15. The van der Waals surface area contributed by atoms with Crippen molar-refractivity contribution in [2.24, 2.45) is 5.92 Å². The van der Waals surface area contributed by atoms with Crippen molar-refractivity contribution in [3.63, 3.8) is 0 Å². The summed E-state index contributed by atoms with van der Waals surface area (Å²) in [6.07, 6.45) is 0.725. The van der Waals surface area contributed by atoms with Crippen LogP contribution in [0.3, 0.4) is 0 Å². The smallest absolute Gasteiger partial charge is 0.243 e. The summed E-state index contributed by atoms with van der Waals surface area (Å²) in [6.45, 7) is 0.693. The van der Waals surface area contributed by atoms with Crippen molar-refractivity contribution in [2.45, 2.75) is 24.3 Å². The Morgan fingerprint density at radius 2 is 1.83 bits per heavy atom. The number of benzene rings is 2. The van der Waals surface area contributed by atoms with E-state index in [1.807, 2.05) is 12.1 Å². The molecule has 1 aliphatic heterocycles. The van der Waals surface area contributed by atoms with Crippen molar-refractivity contribution in [3.8, 4) is 0 Å². The summed E-state index contributed by atoms with van der Waals surface area (Å²) in [7, 11) is -2.23. The highest BCUT2D eigenvalue weighted by Gasteiger charge is 2.33. The van der Waals surface area contributed by atoms with E-state index in [1.165, 1.54) is 4.31 Å². The van der Waals surface area contributed by atoms with Crippen molar-refractivity contribution >= 4 is 27.5 Å². The van der Waals surface area contributed by atoms with Crippen LogP contribution in [0.15, 0.2) is 47.4 Å². The number of carbonyl (C=O) groups is 1. The first-order valence-electron chi connectivity index (χ1n) is 9.13. The number of nitrogens with zero attached hydrogens (tertiary/aromatic N) is 2. The average Bonchev–Trinajstić information content (AvgIpc) is 2.69. The van der Waals surface area contributed by atoms with Crippen molar-refractivity contribution in [2.75, 3.05) is 20.1 Å². The Morgan fingerprint density at radius 3 is 2.45 bits per heavy atom. The van der Waals surface area contributed by atoms with E-state index in [-0.39, 0.29) is 29.8 Å². The lowest BCUT2D eigenvalue weighted by molar-refractivity contribution is -0.135. The highest BCUT2D eigenvalue weighted by molar-refractivity contribution is 7.89. The Kier molecular flexibility index (Phi) is 6.55. The maximum absolute atomic E-state index is 13.4. The minimum Gasteiger partial charge on any atom is -0.341 e. The molecule has 0 saturated carbocycles. The summed E-state index contributed by atoms with van der Waals surface area (Å²) in [5.41, 5.74) is 0.909. The van der Waals surface area contributed by atoms with Gasteiger partial charge in [0.25, 0.3) is 0 Å². The Morgan fingerprint density at radius 1 is 1.14 bits per heavy atom. The number of rotatable bonds is 5. The summed E-state index contributed by atoms with van der Waals surface area (Å²) in [5.74, 6) is -2.67. The molecule has 0 N–H and O–H groups in total. The van der Waals surface area contributed by atoms with Gasteiger partial charge >= 0.3 is 0 Å². The van der Waals surface area contributed by atoms with Gasteiger partial charge in [-0.15, -0.1) is 0 Å². The van der Waals surface area contributed by atoms with E-state index >= 15 is 0 Å². The second-order valence-electron chi connectivity index (χ2n) is 7.08. The molecule has 1 aliphatic rings. The lowest BCUT2D eigenvalue weighted by atomic mass is 9.96. The minimum absolute atomic E-state index is 0.0603. The molecular formula is C20H21ClF2N2O3S. The minimum atomic E-state index is -3.94. The molecule has 0 radical (unpaired) electrons. The van der Waals surface area contributed by atoms with Crippen LogP contribution in [0.4, 0.5) is 8.78 Å². The first-order chi connectivity index (χ1) is 13.7. The fraction of sp³-hybridized carbons (Fsp3) is 0.350. The Hall–Kier alpha value is -2.03. The number of piperidine rings is 1. The average molecular weight is 443 g/mol. The Bertz CT molecular complexity index is 1010. The highest BCUT2D eigenvalue weighted by atomic mass is 35.5. The number of hydrogen-bond acceptors (Lipinski definition) is 3. The van der Waals surface area contributed by atoms with Crippen LogP contribution in [0.5, 0.6) is 0 Å². The van der Waals surface area contributed by atoms with Crippen LogP contribution < -0.4 is 0 Å². The van der Waals surface area contributed by atoms with Crippen molar-refractivity contribution in [1.82, 2.24) is 9.21 Å². The first kappa shape index (κ1) is 21.7. The fourth-order valence-corrected chi connectivity index (χ4v) is 5.12. The van der Waals surface area contributed by atoms with E-state index in [0.717, 1.165) is 17.7 Å². The third kappa shape index (κ3) is 4.94. The van der Waals surface area contributed by atoms with Gasteiger partial charge in [-0.25, -0.2) is 17.2 Å². The standard InChI is InChI=1S/C20H21ClF2N2O3S/c1-24(13-14-3-2-4-16(21)11-14)20(26)15-7-9-25(10-8-15)29(27,28)17-5-6-18(22)19(23)12-17/h2-6,11-12,15H,7-10,13H2,1H3. The summed E-state index contributed by atoms with van der Waals surface area (Å²) in [6, 6.07) is 9.77. The normalized spacial score (nSPS) is 16.0. The Labute approximate surface area is 173 Å². The largest absolute Gasteiger partial charge is 0.341 e. The van der Waals surface area contributed by atoms with Gasteiger partial charge in [-0.05, 0) is 48.7 Å². The predicted molar refractivity (Wildman–Crippen MR) is 106 cm³/mol. The number of sulfonamides is 1. The lowest BCUT2D eigenvalue weighted by Gasteiger charge is -2.32. The lowest BCUT2D eigenvalue weighted by Crippen LogP contribution is -2.43. The third-order valence-electron chi connectivity index (χ3n) is 5.02. The first-order valence-corrected chi connectivity index (χ1v) is 10.9. The van der Waals surface area contributed by atoms with E-state index < -0.39 is 21.7 Å². The van der Waals surface area contributed by atoms with Gasteiger partial charge in [0.1, 0.15) is 0 Å². The van der Waals surface area contributed by atoms with Crippen molar-refractivity contribution in [3.05, 3.63) is 64.7 Å². The zero-order valence-corrected chi connectivity index (χ0v) is 17.4.